The number of ether oxygens (including phenoxy) is 3. The highest BCUT2D eigenvalue weighted by Gasteiger charge is 2.39. The normalized spacial score (nSPS) is 16.0. The number of nitrogens with one attached hydrogen (secondary N) is 1. The highest BCUT2D eigenvalue weighted by molar-refractivity contribution is 6.33. The molecule has 0 radical (unpaired) electrons. The molecule has 1 aliphatic heterocycles. The molecule has 1 aromatic rings. The van der Waals surface area contributed by atoms with E-state index < -0.39 is 35.1 Å². The number of benzene rings is 1. The first-order chi connectivity index (χ1) is 11.6. The number of esters is 3. The third-order valence-electron chi connectivity index (χ3n) is 3.04. The van der Waals surface area contributed by atoms with E-state index in [2.05, 4.69) is 5.32 Å². The van der Waals surface area contributed by atoms with Crippen molar-refractivity contribution in [3.63, 3.8) is 0 Å². The topological polar surface area (TPSA) is 90.9 Å². The second kappa shape index (κ2) is 7.10. The van der Waals surface area contributed by atoms with Crippen LogP contribution in [0.25, 0.3) is 0 Å². The Morgan fingerprint density at radius 3 is 2.48 bits per heavy atom. The fourth-order valence-electron chi connectivity index (χ4n) is 1.95. The molecule has 7 nitrogen and oxygen atoms in total. The number of halogens is 2. The quantitative estimate of drug-likeness (QED) is 0.494. The maximum Gasteiger partial charge on any atom is 0.350 e. The Hall–Kier alpha value is -2.61. The molecule has 1 aromatic carbocycles. The van der Waals surface area contributed by atoms with Crippen LogP contribution in [0.2, 0.25) is 5.02 Å². The van der Waals surface area contributed by atoms with E-state index >= 15 is 0 Å². The van der Waals surface area contributed by atoms with E-state index in [1.165, 1.54) is 13.8 Å². The Morgan fingerprint density at radius 1 is 1.32 bits per heavy atom. The maximum atomic E-state index is 14.0. The fourth-order valence-corrected chi connectivity index (χ4v) is 2.18. The molecule has 0 unspecified atom stereocenters. The summed E-state index contributed by atoms with van der Waals surface area (Å²) in [5.74, 6) is -4.76. The molecule has 1 aliphatic rings. The van der Waals surface area contributed by atoms with Crippen molar-refractivity contribution in [3.05, 3.63) is 40.3 Å². The highest BCUT2D eigenvalue weighted by atomic mass is 35.5. The number of hydrogen-bond acceptors (Lipinski definition) is 7. The SMILES string of the molecule is CCOC(=O)c1cc(NC=C2C(=O)OC(C)(C)OC2=O)c(F)cc1Cl. The van der Waals surface area contributed by atoms with Crippen LogP contribution in [0.1, 0.15) is 31.1 Å². The van der Waals surface area contributed by atoms with Crippen molar-refractivity contribution in [2.45, 2.75) is 26.6 Å². The van der Waals surface area contributed by atoms with Crippen LogP contribution < -0.4 is 5.32 Å². The lowest BCUT2D eigenvalue weighted by atomic mass is 10.2. The monoisotopic (exact) mass is 371 g/mol. The molecule has 2 rings (SSSR count). The standard InChI is InChI=1S/C16H15ClFNO6/c1-4-23-13(20)8-5-12(11(18)6-10(8)17)19-7-9-14(21)24-16(2,3)25-15(9)22/h5-7,19H,4H2,1-3H3. The largest absolute Gasteiger partial charge is 0.462 e. The molecule has 1 saturated heterocycles. The van der Waals surface area contributed by atoms with Crippen LogP contribution in [0.4, 0.5) is 10.1 Å². The van der Waals surface area contributed by atoms with E-state index in [4.69, 9.17) is 25.8 Å². The molecule has 1 N–H and O–H groups in total. The van der Waals surface area contributed by atoms with Gasteiger partial charge in [0.2, 0.25) is 0 Å². The highest BCUT2D eigenvalue weighted by Crippen LogP contribution is 2.26. The molecule has 1 fully saturated rings. The van der Waals surface area contributed by atoms with E-state index in [9.17, 15) is 18.8 Å². The summed E-state index contributed by atoms with van der Waals surface area (Å²) >= 11 is 5.83. The molecular formula is C16H15ClFNO6. The summed E-state index contributed by atoms with van der Waals surface area (Å²) in [7, 11) is 0. The van der Waals surface area contributed by atoms with Crippen molar-refractivity contribution in [1.29, 1.82) is 0 Å². The number of rotatable bonds is 4. The van der Waals surface area contributed by atoms with Crippen molar-refractivity contribution < 1.29 is 33.0 Å². The molecule has 0 spiro atoms. The van der Waals surface area contributed by atoms with Gasteiger partial charge in [-0.2, -0.15) is 0 Å². The van der Waals surface area contributed by atoms with Gasteiger partial charge in [-0.25, -0.2) is 18.8 Å². The van der Waals surface area contributed by atoms with Gasteiger partial charge >= 0.3 is 17.9 Å². The third-order valence-corrected chi connectivity index (χ3v) is 3.35. The third kappa shape index (κ3) is 4.27. The number of anilines is 1. The Bertz CT molecular complexity index is 752. The molecule has 9 heteroatoms. The van der Waals surface area contributed by atoms with E-state index in [-0.39, 0.29) is 22.9 Å². The van der Waals surface area contributed by atoms with E-state index in [0.717, 1.165) is 18.3 Å². The van der Waals surface area contributed by atoms with Crippen LogP contribution in [0.15, 0.2) is 23.9 Å². The number of carbonyl (C=O) groups excluding carboxylic acids is 3. The average molecular weight is 372 g/mol. The van der Waals surface area contributed by atoms with E-state index in [0.29, 0.717) is 0 Å². The zero-order valence-electron chi connectivity index (χ0n) is 13.6. The lowest BCUT2D eigenvalue weighted by Gasteiger charge is -2.29. The number of hydrogen-bond donors (Lipinski definition) is 1. The molecular weight excluding hydrogens is 357 g/mol. The Balaban J connectivity index is 2.28. The first-order valence-electron chi connectivity index (χ1n) is 7.24. The second-order valence-electron chi connectivity index (χ2n) is 5.41. The minimum Gasteiger partial charge on any atom is -0.462 e. The summed E-state index contributed by atoms with van der Waals surface area (Å²) in [6.45, 7) is 4.53. The van der Waals surface area contributed by atoms with Gasteiger partial charge in [0.25, 0.3) is 5.79 Å². The second-order valence-corrected chi connectivity index (χ2v) is 5.82. The van der Waals surface area contributed by atoms with Crippen molar-refractivity contribution in [2.24, 2.45) is 0 Å². The minimum atomic E-state index is -1.38. The Morgan fingerprint density at radius 2 is 1.92 bits per heavy atom. The smallest absolute Gasteiger partial charge is 0.350 e. The van der Waals surface area contributed by atoms with Crippen LogP contribution >= 0.6 is 11.6 Å². The molecule has 134 valence electrons. The molecule has 0 atom stereocenters. The van der Waals surface area contributed by atoms with Gasteiger partial charge in [0, 0.05) is 20.0 Å². The van der Waals surface area contributed by atoms with Gasteiger partial charge in [0.05, 0.1) is 22.9 Å². The van der Waals surface area contributed by atoms with Crippen molar-refractivity contribution in [2.75, 3.05) is 11.9 Å². The number of carbonyl (C=O) groups is 3. The predicted molar refractivity (Wildman–Crippen MR) is 85.3 cm³/mol. The first kappa shape index (κ1) is 18.7. The molecule has 0 bridgehead atoms. The van der Waals surface area contributed by atoms with E-state index in [1.807, 2.05) is 0 Å². The lowest BCUT2D eigenvalue weighted by Crippen LogP contribution is -2.42. The van der Waals surface area contributed by atoms with Gasteiger partial charge in [-0.15, -0.1) is 0 Å². The van der Waals surface area contributed by atoms with Crippen LogP contribution in [0, 0.1) is 5.82 Å². The van der Waals surface area contributed by atoms with Gasteiger partial charge < -0.3 is 19.5 Å². The summed E-state index contributed by atoms with van der Waals surface area (Å²) in [4.78, 5) is 35.4. The maximum absolute atomic E-state index is 14.0. The zero-order valence-corrected chi connectivity index (χ0v) is 14.4. The van der Waals surface area contributed by atoms with Crippen molar-refractivity contribution in [3.8, 4) is 0 Å². The lowest BCUT2D eigenvalue weighted by molar-refractivity contribution is -0.222. The summed E-state index contributed by atoms with van der Waals surface area (Å²) in [6, 6.07) is 2.02. The molecule has 0 aromatic heterocycles. The Kier molecular flexibility index (Phi) is 5.32. The molecule has 0 saturated carbocycles. The van der Waals surface area contributed by atoms with Crippen LogP contribution in [0.3, 0.4) is 0 Å². The molecule has 25 heavy (non-hydrogen) atoms. The number of cyclic esters (lactones) is 2. The summed E-state index contributed by atoms with van der Waals surface area (Å²) in [6.07, 6.45) is 0.932. The van der Waals surface area contributed by atoms with Gasteiger partial charge in [-0.1, -0.05) is 11.6 Å². The molecule has 0 amide bonds. The van der Waals surface area contributed by atoms with Gasteiger partial charge in [-0.3, -0.25) is 0 Å². The molecule has 1 heterocycles. The van der Waals surface area contributed by atoms with Crippen LogP contribution in [-0.4, -0.2) is 30.3 Å². The van der Waals surface area contributed by atoms with Crippen molar-refractivity contribution >= 4 is 35.2 Å². The van der Waals surface area contributed by atoms with Crippen LogP contribution in [-0.2, 0) is 23.8 Å². The van der Waals surface area contributed by atoms with Gasteiger partial charge in [-0.05, 0) is 19.1 Å². The van der Waals surface area contributed by atoms with E-state index in [1.54, 1.807) is 6.92 Å². The predicted octanol–water partition coefficient (Wildman–Crippen LogP) is 2.79. The fraction of sp³-hybridized carbons (Fsp3) is 0.312. The van der Waals surface area contributed by atoms with Gasteiger partial charge in [0.1, 0.15) is 5.82 Å². The zero-order chi connectivity index (χ0) is 18.8. The molecule has 0 aliphatic carbocycles. The Labute approximate surface area is 147 Å². The first-order valence-corrected chi connectivity index (χ1v) is 7.62. The minimum absolute atomic E-state index is 0.0688. The summed E-state index contributed by atoms with van der Waals surface area (Å²) in [5, 5.41) is 2.30. The van der Waals surface area contributed by atoms with Gasteiger partial charge in [0.15, 0.2) is 5.57 Å². The van der Waals surface area contributed by atoms with Crippen molar-refractivity contribution in [1.82, 2.24) is 0 Å². The average Bonchev–Trinajstić information content (AvgIpc) is 2.47. The van der Waals surface area contributed by atoms with Crippen LogP contribution in [0.5, 0.6) is 0 Å². The summed E-state index contributed by atoms with van der Waals surface area (Å²) in [5.41, 5.74) is -0.711. The summed E-state index contributed by atoms with van der Waals surface area (Å²) < 4.78 is 28.6.